The fourth-order valence-electron chi connectivity index (χ4n) is 1.55. The number of carboxylic acid groups (broad SMARTS) is 1. The Morgan fingerprint density at radius 2 is 2.00 bits per heavy atom. The minimum atomic E-state index is -1.00. The lowest BCUT2D eigenvalue weighted by molar-refractivity contribution is -0.138. The maximum Gasteiger partial charge on any atom is 0.319 e. The minimum Gasteiger partial charge on any atom is -0.480 e. The maximum absolute atomic E-state index is 11.3. The molecule has 4 nitrogen and oxygen atoms in total. The molecule has 0 radical (unpaired) electrons. The lowest BCUT2D eigenvalue weighted by Crippen LogP contribution is -2.27. The number of carboxylic acids is 1. The zero-order chi connectivity index (χ0) is 15.6. The fourth-order valence-corrected chi connectivity index (χ4v) is 2.80. The van der Waals surface area contributed by atoms with Crippen LogP contribution in [0.4, 0.5) is 0 Å². The first kappa shape index (κ1) is 16.1. The van der Waals surface area contributed by atoms with Gasteiger partial charge in [0.15, 0.2) is 0 Å². The second kappa shape index (κ2) is 6.22. The number of rotatable bonds is 4. The Hall–Kier alpha value is -1.30. The van der Waals surface area contributed by atoms with Crippen molar-refractivity contribution >= 4 is 40.9 Å². The summed E-state index contributed by atoms with van der Waals surface area (Å²) in [6.07, 6.45) is 3.02. The monoisotopic (exact) mass is 342 g/mol. The summed E-state index contributed by atoms with van der Waals surface area (Å²) in [5.41, 5.74) is 1.50. The van der Waals surface area contributed by atoms with Gasteiger partial charge in [0, 0.05) is 11.8 Å². The molecule has 1 heterocycles. The van der Waals surface area contributed by atoms with Crippen LogP contribution in [0.25, 0.3) is 11.1 Å². The third-order valence-corrected chi connectivity index (χ3v) is 4.72. The van der Waals surface area contributed by atoms with E-state index in [0.717, 1.165) is 22.9 Å². The first-order valence-electron chi connectivity index (χ1n) is 5.99. The fraction of sp³-hybridized carbons (Fsp3) is 0.214. The molecule has 1 aromatic heterocycles. The Morgan fingerprint density at radius 1 is 1.29 bits per heavy atom. The van der Waals surface area contributed by atoms with Crippen molar-refractivity contribution < 1.29 is 9.90 Å². The van der Waals surface area contributed by atoms with E-state index in [-0.39, 0.29) is 0 Å². The highest BCUT2D eigenvalue weighted by Gasteiger charge is 2.30. The summed E-state index contributed by atoms with van der Waals surface area (Å²) in [5, 5.41) is 10.7. The molecule has 21 heavy (non-hydrogen) atoms. The lowest BCUT2D eigenvalue weighted by Gasteiger charge is -2.19. The van der Waals surface area contributed by atoms with Crippen molar-refractivity contribution in [2.75, 3.05) is 0 Å². The average Bonchev–Trinajstić information content (AvgIpc) is 2.42. The van der Waals surface area contributed by atoms with Crippen LogP contribution in [0.3, 0.4) is 0 Å². The van der Waals surface area contributed by atoms with Gasteiger partial charge in [-0.2, -0.15) is 0 Å². The molecule has 0 fully saturated rings. The normalized spacial score (nSPS) is 11.4. The number of aromatic nitrogens is 2. The van der Waals surface area contributed by atoms with Crippen LogP contribution >= 0.6 is 35.0 Å². The van der Waals surface area contributed by atoms with Crippen LogP contribution in [-0.2, 0) is 4.79 Å². The van der Waals surface area contributed by atoms with Gasteiger partial charge in [-0.05, 0) is 31.5 Å². The molecule has 7 heteroatoms. The molecule has 1 aromatic carbocycles. The number of hydrogen-bond donors (Lipinski definition) is 1. The molecule has 0 atom stereocenters. The van der Waals surface area contributed by atoms with Crippen LogP contribution < -0.4 is 0 Å². The largest absolute Gasteiger partial charge is 0.480 e. The van der Waals surface area contributed by atoms with E-state index in [1.54, 1.807) is 38.2 Å². The van der Waals surface area contributed by atoms with E-state index in [9.17, 15) is 9.90 Å². The molecule has 0 bridgehead atoms. The van der Waals surface area contributed by atoms with Crippen molar-refractivity contribution in [2.45, 2.75) is 23.6 Å². The van der Waals surface area contributed by atoms with Gasteiger partial charge in [-0.25, -0.2) is 9.97 Å². The van der Waals surface area contributed by atoms with Gasteiger partial charge in [0.2, 0.25) is 0 Å². The van der Waals surface area contributed by atoms with Gasteiger partial charge in [-0.15, -0.1) is 0 Å². The summed E-state index contributed by atoms with van der Waals surface area (Å²) in [5.74, 6) is -0.911. The van der Waals surface area contributed by atoms with Crippen molar-refractivity contribution in [1.29, 1.82) is 0 Å². The molecule has 110 valence electrons. The first-order valence-corrected chi connectivity index (χ1v) is 7.56. The summed E-state index contributed by atoms with van der Waals surface area (Å²) in [4.78, 5) is 19.5. The van der Waals surface area contributed by atoms with Crippen LogP contribution in [-0.4, -0.2) is 25.8 Å². The number of nitrogens with zero attached hydrogens (tertiary/aromatic N) is 2. The van der Waals surface area contributed by atoms with Crippen LogP contribution in [0, 0.1) is 0 Å². The summed E-state index contributed by atoms with van der Waals surface area (Å²) in [6, 6.07) is 5.19. The molecule has 1 N–H and O–H groups in total. The summed E-state index contributed by atoms with van der Waals surface area (Å²) in [6.45, 7) is 3.25. The Balaban J connectivity index is 2.46. The van der Waals surface area contributed by atoms with Crippen LogP contribution in [0.15, 0.2) is 35.7 Å². The Morgan fingerprint density at radius 3 is 2.62 bits per heavy atom. The molecule has 0 aliphatic heterocycles. The molecule has 2 aromatic rings. The number of benzene rings is 1. The van der Waals surface area contributed by atoms with Crippen molar-refractivity contribution in [1.82, 2.24) is 9.97 Å². The molecular weight excluding hydrogens is 331 g/mol. The predicted octanol–water partition coefficient (Wildman–Crippen LogP) is 4.41. The molecule has 0 saturated carbocycles. The maximum atomic E-state index is 11.3. The van der Waals surface area contributed by atoms with E-state index in [1.807, 2.05) is 0 Å². The molecule has 0 aliphatic rings. The van der Waals surface area contributed by atoms with E-state index in [0.29, 0.717) is 15.1 Å². The summed E-state index contributed by atoms with van der Waals surface area (Å²) < 4.78 is -1.00. The van der Waals surface area contributed by atoms with Crippen molar-refractivity contribution in [3.63, 3.8) is 0 Å². The van der Waals surface area contributed by atoms with Gasteiger partial charge in [-0.3, -0.25) is 4.79 Å². The van der Waals surface area contributed by atoms with Crippen LogP contribution in [0.2, 0.25) is 10.0 Å². The van der Waals surface area contributed by atoms with Gasteiger partial charge >= 0.3 is 5.97 Å². The molecule has 0 aliphatic carbocycles. The van der Waals surface area contributed by atoms with Crippen LogP contribution in [0.1, 0.15) is 13.8 Å². The van der Waals surface area contributed by atoms with E-state index in [4.69, 9.17) is 23.2 Å². The third kappa shape index (κ3) is 3.67. The number of carbonyl (C=O) groups is 1. The average molecular weight is 343 g/mol. The molecule has 0 unspecified atom stereocenters. The van der Waals surface area contributed by atoms with Gasteiger partial charge < -0.3 is 5.11 Å². The topological polar surface area (TPSA) is 63.1 Å². The van der Waals surface area contributed by atoms with E-state index < -0.39 is 10.7 Å². The number of thioether (sulfide) groups is 1. The van der Waals surface area contributed by atoms with E-state index >= 15 is 0 Å². The number of hydrogen-bond acceptors (Lipinski definition) is 4. The van der Waals surface area contributed by atoms with Gasteiger partial charge in [0.05, 0.1) is 10.0 Å². The van der Waals surface area contributed by atoms with Crippen molar-refractivity contribution in [2.24, 2.45) is 0 Å². The second-order valence-electron chi connectivity index (χ2n) is 4.79. The lowest BCUT2D eigenvalue weighted by atomic mass is 10.1. The number of aliphatic carboxylic acids is 1. The van der Waals surface area contributed by atoms with Gasteiger partial charge in [-0.1, -0.05) is 41.0 Å². The zero-order valence-corrected chi connectivity index (χ0v) is 13.6. The summed E-state index contributed by atoms with van der Waals surface area (Å²) in [7, 11) is 0. The second-order valence-corrected chi connectivity index (χ2v) is 7.21. The molecule has 0 amide bonds. The predicted molar refractivity (Wildman–Crippen MR) is 85.1 cm³/mol. The van der Waals surface area contributed by atoms with E-state index in [1.165, 1.54) is 6.33 Å². The van der Waals surface area contributed by atoms with Crippen molar-refractivity contribution in [3.8, 4) is 11.1 Å². The minimum absolute atomic E-state index is 0.423. The number of halogens is 2. The molecule has 0 saturated heterocycles. The van der Waals surface area contributed by atoms with Gasteiger partial charge in [0.1, 0.15) is 16.1 Å². The van der Waals surface area contributed by atoms with Gasteiger partial charge in [0.25, 0.3) is 0 Å². The third-order valence-electron chi connectivity index (χ3n) is 2.77. The quantitative estimate of drug-likeness (QED) is 0.658. The standard InChI is InChI=1S/C14H12Cl2N2O2S/c1-14(2,13(19)20)21-12-9(6-17-7-18-12)8-3-4-10(15)11(16)5-8/h3-7H,1-2H3,(H,19,20). The highest BCUT2D eigenvalue weighted by Crippen LogP contribution is 2.38. The Labute approximate surface area is 136 Å². The first-order chi connectivity index (χ1) is 9.81. The Bertz CT molecular complexity index is 692. The van der Waals surface area contributed by atoms with E-state index in [2.05, 4.69) is 9.97 Å². The summed E-state index contributed by atoms with van der Waals surface area (Å²) >= 11 is 13.1. The Kier molecular flexibility index (Phi) is 4.76. The molecule has 0 spiro atoms. The van der Waals surface area contributed by atoms with Crippen molar-refractivity contribution in [3.05, 3.63) is 40.8 Å². The smallest absolute Gasteiger partial charge is 0.319 e. The zero-order valence-electron chi connectivity index (χ0n) is 11.3. The molecular formula is C14H12Cl2N2O2S. The molecule has 2 rings (SSSR count). The highest BCUT2D eigenvalue weighted by atomic mass is 35.5. The highest BCUT2D eigenvalue weighted by molar-refractivity contribution is 8.01. The SMILES string of the molecule is CC(C)(Sc1ncncc1-c1ccc(Cl)c(Cl)c1)C(=O)O. The van der Waals surface area contributed by atoms with Crippen LogP contribution in [0.5, 0.6) is 0 Å².